The second-order valence-corrected chi connectivity index (χ2v) is 8.94. The van der Waals surface area contributed by atoms with Crippen molar-refractivity contribution in [3.63, 3.8) is 0 Å². The second kappa shape index (κ2) is 9.88. The number of benzene rings is 2. The highest BCUT2D eigenvalue weighted by Crippen LogP contribution is 2.25. The molecule has 0 radical (unpaired) electrons. The summed E-state index contributed by atoms with van der Waals surface area (Å²) in [7, 11) is 1.55. The van der Waals surface area contributed by atoms with Crippen LogP contribution in [0.3, 0.4) is 0 Å². The Bertz CT molecular complexity index is 1440. The minimum atomic E-state index is -0.363. The van der Waals surface area contributed by atoms with E-state index in [0.29, 0.717) is 32.9 Å². The molecule has 0 spiro atoms. The van der Waals surface area contributed by atoms with E-state index in [2.05, 4.69) is 15.6 Å². The number of hydrogen-bond acceptors (Lipinski definition) is 6. The van der Waals surface area contributed by atoms with Crippen LogP contribution in [0.2, 0.25) is 0 Å². The summed E-state index contributed by atoms with van der Waals surface area (Å²) in [4.78, 5) is 44.5. The fraction of sp³-hybridized carbons (Fsp3) is 0.200. The SMILES string of the molecule is COc1cccc(NC(=O)c2ccccc2NC(=O)CCn2cnc3sc(C)c(C)c3c2=O)c1. The predicted molar refractivity (Wildman–Crippen MR) is 134 cm³/mol. The maximum Gasteiger partial charge on any atom is 0.262 e. The summed E-state index contributed by atoms with van der Waals surface area (Å²) in [6, 6.07) is 13.8. The molecule has 0 saturated carbocycles. The van der Waals surface area contributed by atoms with Crippen molar-refractivity contribution in [3.05, 3.63) is 81.2 Å². The molecule has 0 fully saturated rings. The topological polar surface area (TPSA) is 102 Å². The summed E-state index contributed by atoms with van der Waals surface area (Å²) in [5, 5.41) is 6.20. The number of anilines is 2. The van der Waals surface area contributed by atoms with Gasteiger partial charge in [0.1, 0.15) is 10.6 Å². The number of nitrogens with one attached hydrogen (secondary N) is 2. The van der Waals surface area contributed by atoms with Crippen LogP contribution >= 0.6 is 11.3 Å². The quantitative estimate of drug-likeness (QED) is 0.413. The van der Waals surface area contributed by atoms with Gasteiger partial charge in [0.15, 0.2) is 0 Å². The summed E-state index contributed by atoms with van der Waals surface area (Å²) in [5.74, 6) is -0.0553. The fourth-order valence-corrected chi connectivity index (χ4v) is 4.54. The molecule has 0 saturated heterocycles. The van der Waals surface area contributed by atoms with Crippen LogP contribution in [0.5, 0.6) is 5.75 Å². The average molecular weight is 477 g/mol. The maximum absolute atomic E-state index is 12.8. The zero-order valence-corrected chi connectivity index (χ0v) is 19.9. The molecule has 8 nitrogen and oxygen atoms in total. The molecular formula is C25H24N4O4S. The zero-order valence-electron chi connectivity index (χ0n) is 19.0. The van der Waals surface area contributed by atoms with Gasteiger partial charge in [0.25, 0.3) is 11.5 Å². The monoisotopic (exact) mass is 476 g/mol. The van der Waals surface area contributed by atoms with Crippen molar-refractivity contribution in [3.8, 4) is 5.75 Å². The largest absolute Gasteiger partial charge is 0.497 e. The smallest absolute Gasteiger partial charge is 0.262 e. The number of amides is 2. The number of carbonyl (C=O) groups is 2. The minimum Gasteiger partial charge on any atom is -0.497 e. The van der Waals surface area contributed by atoms with E-state index in [1.165, 1.54) is 22.2 Å². The Morgan fingerprint density at radius 1 is 1.09 bits per heavy atom. The Morgan fingerprint density at radius 2 is 1.88 bits per heavy atom. The lowest BCUT2D eigenvalue weighted by atomic mass is 10.1. The van der Waals surface area contributed by atoms with Gasteiger partial charge in [-0.15, -0.1) is 11.3 Å². The third-order valence-corrected chi connectivity index (χ3v) is 6.62. The van der Waals surface area contributed by atoms with Crippen LogP contribution in [0, 0.1) is 13.8 Å². The molecule has 0 aliphatic rings. The van der Waals surface area contributed by atoms with Gasteiger partial charge in [-0.1, -0.05) is 18.2 Å². The Labute approximate surface area is 200 Å². The number of para-hydroxylation sites is 1. The van der Waals surface area contributed by atoms with E-state index in [4.69, 9.17) is 4.74 Å². The molecule has 2 aromatic heterocycles. The first-order valence-corrected chi connectivity index (χ1v) is 11.5. The van der Waals surface area contributed by atoms with Gasteiger partial charge in [0, 0.05) is 29.6 Å². The Hall–Kier alpha value is -3.98. The molecule has 174 valence electrons. The van der Waals surface area contributed by atoms with Crippen LogP contribution in [0.1, 0.15) is 27.2 Å². The van der Waals surface area contributed by atoms with E-state index in [0.717, 1.165) is 10.4 Å². The second-order valence-electron chi connectivity index (χ2n) is 7.74. The number of fused-ring (bicyclic) bond motifs is 1. The van der Waals surface area contributed by atoms with Crippen molar-refractivity contribution in [2.24, 2.45) is 0 Å². The van der Waals surface area contributed by atoms with E-state index < -0.39 is 0 Å². The standard InChI is InChI=1S/C25H24N4O4S/c1-15-16(2)34-24-22(15)25(32)29(14-26-24)12-11-21(30)28-20-10-5-4-9-19(20)23(31)27-17-7-6-8-18(13-17)33-3/h4-10,13-14H,11-12H2,1-3H3,(H,27,31)(H,28,30). The van der Waals surface area contributed by atoms with Gasteiger partial charge in [0.2, 0.25) is 5.91 Å². The Morgan fingerprint density at radius 3 is 2.68 bits per heavy atom. The van der Waals surface area contributed by atoms with Crippen LogP contribution in [-0.4, -0.2) is 28.5 Å². The molecule has 2 aromatic carbocycles. The number of carbonyl (C=O) groups excluding carboxylic acids is 2. The lowest BCUT2D eigenvalue weighted by molar-refractivity contribution is -0.116. The van der Waals surface area contributed by atoms with Gasteiger partial charge in [-0.3, -0.25) is 19.0 Å². The number of methoxy groups -OCH3 is 1. The third-order valence-electron chi connectivity index (χ3n) is 5.51. The first-order valence-electron chi connectivity index (χ1n) is 10.7. The first kappa shape index (κ1) is 23.2. The molecule has 0 aliphatic heterocycles. The molecule has 2 N–H and O–H groups in total. The number of ether oxygens (including phenoxy) is 1. The van der Waals surface area contributed by atoms with Gasteiger partial charge in [0.05, 0.1) is 30.1 Å². The molecule has 4 aromatic rings. The predicted octanol–water partition coefficient (Wildman–Crippen LogP) is 4.36. The molecule has 0 atom stereocenters. The summed E-state index contributed by atoms with van der Waals surface area (Å²) >= 11 is 1.49. The number of hydrogen-bond donors (Lipinski definition) is 2. The van der Waals surface area contributed by atoms with E-state index in [1.807, 2.05) is 13.8 Å². The van der Waals surface area contributed by atoms with E-state index in [9.17, 15) is 14.4 Å². The highest BCUT2D eigenvalue weighted by Gasteiger charge is 2.15. The van der Waals surface area contributed by atoms with Gasteiger partial charge in [-0.25, -0.2) is 4.98 Å². The van der Waals surface area contributed by atoms with Crippen LogP contribution in [0.15, 0.2) is 59.7 Å². The molecule has 2 heterocycles. The van der Waals surface area contributed by atoms with Crippen LogP contribution in [0.25, 0.3) is 10.2 Å². The minimum absolute atomic E-state index is 0.0566. The van der Waals surface area contributed by atoms with Crippen molar-refractivity contribution < 1.29 is 14.3 Å². The van der Waals surface area contributed by atoms with Gasteiger partial charge in [-0.2, -0.15) is 0 Å². The van der Waals surface area contributed by atoms with Crippen molar-refractivity contribution in [1.82, 2.24) is 9.55 Å². The lowest BCUT2D eigenvalue weighted by Gasteiger charge is -2.12. The number of rotatable bonds is 7. The summed E-state index contributed by atoms with van der Waals surface area (Å²) in [6.45, 7) is 4.04. The van der Waals surface area contributed by atoms with Crippen molar-refractivity contribution in [2.75, 3.05) is 17.7 Å². The number of aromatic nitrogens is 2. The van der Waals surface area contributed by atoms with E-state index >= 15 is 0 Å². The first-order chi connectivity index (χ1) is 16.4. The summed E-state index contributed by atoms with van der Waals surface area (Å²) in [6.07, 6.45) is 1.53. The molecule has 0 aliphatic carbocycles. The zero-order chi connectivity index (χ0) is 24.2. The summed E-state index contributed by atoms with van der Waals surface area (Å²) < 4.78 is 6.63. The highest BCUT2D eigenvalue weighted by atomic mass is 32.1. The van der Waals surface area contributed by atoms with E-state index in [1.54, 1.807) is 55.6 Å². The van der Waals surface area contributed by atoms with E-state index in [-0.39, 0.29) is 30.3 Å². The molecule has 9 heteroatoms. The third kappa shape index (κ3) is 4.84. The van der Waals surface area contributed by atoms with Crippen molar-refractivity contribution in [2.45, 2.75) is 26.8 Å². The fourth-order valence-electron chi connectivity index (χ4n) is 3.55. The molecule has 0 unspecified atom stereocenters. The molecular weight excluding hydrogens is 452 g/mol. The van der Waals surface area contributed by atoms with Crippen LogP contribution in [-0.2, 0) is 11.3 Å². The normalized spacial score (nSPS) is 10.8. The van der Waals surface area contributed by atoms with Crippen LogP contribution < -0.4 is 20.9 Å². The number of thiophene rings is 1. The maximum atomic E-state index is 12.8. The Kier molecular flexibility index (Phi) is 6.74. The summed E-state index contributed by atoms with van der Waals surface area (Å²) in [5.41, 5.74) is 2.05. The molecule has 0 bridgehead atoms. The lowest BCUT2D eigenvalue weighted by Crippen LogP contribution is -2.24. The number of aryl methyl sites for hydroxylation is 3. The van der Waals surface area contributed by atoms with Gasteiger partial charge in [-0.05, 0) is 43.7 Å². The molecule has 34 heavy (non-hydrogen) atoms. The van der Waals surface area contributed by atoms with Crippen molar-refractivity contribution in [1.29, 1.82) is 0 Å². The molecule has 2 amide bonds. The van der Waals surface area contributed by atoms with Crippen molar-refractivity contribution >= 4 is 44.7 Å². The van der Waals surface area contributed by atoms with Crippen LogP contribution in [0.4, 0.5) is 11.4 Å². The van der Waals surface area contributed by atoms with Gasteiger partial charge < -0.3 is 15.4 Å². The Balaban J connectivity index is 1.45. The highest BCUT2D eigenvalue weighted by molar-refractivity contribution is 7.18. The average Bonchev–Trinajstić information content (AvgIpc) is 3.13. The van der Waals surface area contributed by atoms with Gasteiger partial charge >= 0.3 is 0 Å². The number of nitrogens with zero attached hydrogens (tertiary/aromatic N) is 2. The molecule has 4 rings (SSSR count).